The van der Waals surface area contributed by atoms with Gasteiger partial charge in [0.25, 0.3) is 0 Å². The number of phenols is 2. The first-order valence-electron chi connectivity index (χ1n) is 13.0. The molecule has 5 atom stereocenters. The Morgan fingerprint density at radius 2 is 1.20 bits per heavy atom. The van der Waals surface area contributed by atoms with E-state index >= 15 is 0 Å². The summed E-state index contributed by atoms with van der Waals surface area (Å²) >= 11 is 0. The van der Waals surface area contributed by atoms with E-state index in [4.69, 9.17) is 5.73 Å². The van der Waals surface area contributed by atoms with Gasteiger partial charge in [-0.3, -0.25) is 19.2 Å². The Morgan fingerprint density at radius 3 is 1.66 bits per heavy atom. The highest BCUT2D eigenvalue weighted by Gasteiger charge is 2.33. The third kappa shape index (κ3) is 10.4. The number of rotatable bonds is 15. The molecule has 222 valence electrons. The summed E-state index contributed by atoms with van der Waals surface area (Å²) in [5.74, 6) is -5.75. The zero-order valence-electron chi connectivity index (χ0n) is 22.7. The van der Waals surface area contributed by atoms with E-state index in [1.54, 1.807) is 26.0 Å². The number of carbonyl (C=O) groups excluding carboxylic acids is 3. The van der Waals surface area contributed by atoms with Crippen LogP contribution in [0.1, 0.15) is 37.8 Å². The van der Waals surface area contributed by atoms with Crippen LogP contribution < -0.4 is 21.7 Å². The van der Waals surface area contributed by atoms with Gasteiger partial charge in [-0.15, -0.1) is 0 Å². The maximum atomic E-state index is 13.2. The molecule has 5 unspecified atom stereocenters. The van der Waals surface area contributed by atoms with Gasteiger partial charge in [-0.25, -0.2) is 4.79 Å². The minimum absolute atomic E-state index is 0.0229. The Bertz CT molecular complexity index is 1220. The average molecular weight is 573 g/mol. The van der Waals surface area contributed by atoms with E-state index in [2.05, 4.69) is 16.0 Å². The second kappa shape index (κ2) is 15.2. The standard InChI is InChI=1S/C28H36N4O9/c1-3-15(2)24(28(40)41)32-27(39)21(13-17-6-10-19(34)11-7-17)31-26(38)22(14-23(35)36)30-25(37)20(29)12-16-4-8-18(33)9-5-16/h4-11,15,20-22,24,33-34H,3,12-14,29H2,1-2H3,(H,30,37)(H,31,38)(H,32,39)(H,35,36)(H,40,41). The fourth-order valence-corrected chi connectivity index (χ4v) is 3.93. The zero-order valence-corrected chi connectivity index (χ0v) is 22.7. The van der Waals surface area contributed by atoms with Crippen molar-refractivity contribution in [3.63, 3.8) is 0 Å². The minimum atomic E-state index is -1.61. The van der Waals surface area contributed by atoms with Gasteiger partial charge in [-0.2, -0.15) is 0 Å². The van der Waals surface area contributed by atoms with Crippen molar-refractivity contribution in [2.45, 2.75) is 63.7 Å². The third-order valence-electron chi connectivity index (χ3n) is 6.53. The first-order valence-corrected chi connectivity index (χ1v) is 13.0. The van der Waals surface area contributed by atoms with Gasteiger partial charge in [-0.05, 0) is 47.7 Å². The Morgan fingerprint density at radius 1 is 0.732 bits per heavy atom. The summed E-state index contributed by atoms with van der Waals surface area (Å²) in [7, 11) is 0. The van der Waals surface area contributed by atoms with Crippen LogP contribution in [-0.2, 0) is 36.8 Å². The van der Waals surface area contributed by atoms with Crippen LogP contribution in [0.4, 0.5) is 0 Å². The topological polar surface area (TPSA) is 228 Å². The lowest BCUT2D eigenvalue weighted by molar-refractivity contribution is -0.144. The van der Waals surface area contributed by atoms with Gasteiger partial charge in [-0.1, -0.05) is 44.5 Å². The first-order chi connectivity index (χ1) is 19.3. The van der Waals surface area contributed by atoms with Crippen molar-refractivity contribution >= 4 is 29.7 Å². The monoisotopic (exact) mass is 572 g/mol. The molecule has 3 amide bonds. The molecule has 0 saturated heterocycles. The molecule has 0 aliphatic rings. The third-order valence-corrected chi connectivity index (χ3v) is 6.53. The van der Waals surface area contributed by atoms with Crippen LogP contribution in [0.15, 0.2) is 48.5 Å². The molecule has 13 nitrogen and oxygen atoms in total. The van der Waals surface area contributed by atoms with Gasteiger partial charge < -0.3 is 42.1 Å². The normalized spacial score (nSPS) is 14.5. The number of nitrogens with two attached hydrogens (primary N) is 1. The number of nitrogens with one attached hydrogen (secondary N) is 3. The highest BCUT2D eigenvalue weighted by molar-refractivity contribution is 5.95. The van der Waals surface area contributed by atoms with Crippen LogP contribution in [0.25, 0.3) is 0 Å². The van der Waals surface area contributed by atoms with Gasteiger partial charge >= 0.3 is 11.9 Å². The molecule has 0 fully saturated rings. The summed E-state index contributed by atoms with van der Waals surface area (Å²) in [5.41, 5.74) is 7.08. The quantitative estimate of drug-likeness (QED) is 0.145. The molecule has 0 bridgehead atoms. The number of hydrogen-bond donors (Lipinski definition) is 8. The molecule has 0 heterocycles. The molecule has 2 aromatic rings. The number of benzene rings is 2. The minimum Gasteiger partial charge on any atom is -0.508 e. The molecule has 13 heteroatoms. The van der Waals surface area contributed by atoms with Crippen molar-refractivity contribution in [2.24, 2.45) is 11.7 Å². The van der Waals surface area contributed by atoms with E-state index in [-0.39, 0.29) is 24.3 Å². The van der Waals surface area contributed by atoms with Crippen LogP contribution in [0, 0.1) is 5.92 Å². The highest BCUT2D eigenvalue weighted by atomic mass is 16.4. The summed E-state index contributed by atoms with van der Waals surface area (Å²) < 4.78 is 0. The van der Waals surface area contributed by atoms with Crippen LogP contribution in [0.3, 0.4) is 0 Å². The second-order valence-electron chi connectivity index (χ2n) is 9.78. The summed E-state index contributed by atoms with van der Waals surface area (Å²) in [6, 6.07) is 6.32. The molecule has 0 aliphatic carbocycles. The van der Waals surface area contributed by atoms with Crippen LogP contribution in [0.2, 0.25) is 0 Å². The maximum Gasteiger partial charge on any atom is 0.326 e. The lowest BCUT2D eigenvalue weighted by Gasteiger charge is -2.26. The Balaban J connectivity index is 2.24. The molecule has 2 aromatic carbocycles. The highest BCUT2D eigenvalue weighted by Crippen LogP contribution is 2.14. The second-order valence-corrected chi connectivity index (χ2v) is 9.78. The Hall–Kier alpha value is -4.65. The molecular weight excluding hydrogens is 536 g/mol. The number of aromatic hydroxyl groups is 2. The van der Waals surface area contributed by atoms with Crippen LogP contribution in [0.5, 0.6) is 11.5 Å². The van der Waals surface area contributed by atoms with E-state index in [9.17, 15) is 44.4 Å². The fraction of sp³-hybridized carbons (Fsp3) is 0.393. The molecular formula is C28H36N4O9. The predicted molar refractivity (Wildman–Crippen MR) is 147 cm³/mol. The number of hydrogen-bond acceptors (Lipinski definition) is 8. The number of carboxylic acids is 2. The zero-order chi connectivity index (χ0) is 30.7. The summed E-state index contributed by atoms with van der Waals surface area (Å²) in [6.07, 6.45) is -0.463. The van der Waals surface area contributed by atoms with Gasteiger partial charge in [0, 0.05) is 6.42 Å². The van der Waals surface area contributed by atoms with Gasteiger partial charge in [0.2, 0.25) is 17.7 Å². The van der Waals surface area contributed by atoms with Gasteiger partial charge in [0.15, 0.2) is 0 Å². The fourth-order valence-electron chi connectivity index (χ4n) is 3.93. The summed E-state index contributed by atoms with van der Waals surface area (Å²) in [4.78, 5) is 62.4. The van der Waals surface area contributed by atoms with Crippen LogP contribution >= 0.6 is 0 Å². The lowest BCUT2D eigenvalue weighted by Crippen LogP contribution is -2.58. The lowest BCUT2D eigenvalue weighted by atomic mass is 9.98. The molecule has 0 saturated carbocycles. The van der Waals surface area contributed by atoms with Crippen molar-refractivity contribution in [3.8, 4) is 11.5 Å². The molecule has 0 aromatic heterocycles. The van der Waals surface area contributed by atoms with Crippen molar-refractivity contribution in [3.05, 3.63) is 59.7 Å². The molecule has 9 N–H and O–H groups in total. The van der Waals surface area contributed by atoms with Crippen molar-refractivity contribution in [1.82, 2.24) is 16.0 Å². The number of carbonyl (C=O) groups is 5. The smallest absolute Gasteiger partial charge is 0.326 e. The maximum absolute atomic E-state index is 13.2. The van der Waals surface area contributed by atoms with Crippen molar-refractivity contribution in [1.29, 1.82) is 0 Å². The van der Waals surface area contributed by atoms with E-state index < -0.39 is 66.2 Å². The van der Waals surface area contributed by atoms with Crippen molar-refractivity contribution < 1.29 is 44.4 Å². The van der Waals surface area contributed by atoms with Gasteiger partial charge in [0.05, 0.1) is 12.5 Å². The molecule has 41 heavy (non-hydrogen) atoms. The largest absolute Gasteiger partial charge is 0.508 e. The number of carboxylic acid groups (broad SMARTS) is 2. The average Bonchev–Trinajstić information content (AvgIpc) is 2.92. The Labute approximate surface area is 236 Å². The first kappa shape index (κ1) is 32.6. The number of amides is 3. The number of aliphatic carboxylic acids is 2. The van der Waals surface area contributed by atoms with E-state index in [0.29, 0.717) is 17.5 Å². The number of phenolic OH excluding ortho intramolecular Hbond substituents is 2. The van der Waals surface area contributed by atoms with Gasteiger partial charge in [0.1, 0.15) is 29.6 Å². The SMILES string of the molecule is CCC(C)C(NC(=O)C(Cc1ccc(O)cc1)NC(=O)C(CC(=O)O)NC(=O)C(N)Cc1ccc(O)cc1)C(=O)O. The van der Waals surface area contributed by atoms with E-state index in [1.165, 1.54) is 36.4 Å². The predicted octanol–water partition coefficient (Wildman–Crippen LogP) is 0.270. The molecule has 0 radical (unpaired) electrons. The van der Waals surface area contributed by atoms with E-state index in [1.807, 2.05) is 0 Å². The van der Waals surface area contributed by atoms with Crippen molar-refractivity contribution in [2.75, 3.05) is 0 Å². The Kier molecular flexibility index (Phi) is 12.1. The summed E-state index contributed by atoms with van der Waals surface area (Å²) in [6.45, 7) is 3.40. The van der Waals surface area contributed by atoms with Crippen LogP contribution in [-0.4, -0.2) is 74.3 Å². The molecule has 2 rings (SSSR count). The van der Waals surface area contributed by atoms with E-state index in [0.717, 1.165) is 0 Å². The summed E-state index contributed by atoms with van der Waals surface area (Å²) in [5, 5.41) is 45.1. The molecule has 0 aliphatic heterocycles. The molecule has 0 spiro atoms.